The summed E-state index contributed by atoms with van der Waals surface area (Å²) in [6.45, 7) is 11.2. The van der Waals surface area contributed by atoms with Gasteiger partial charge in [-0.15, -0.1) is 6.58 Å². The van der Waals surface area contributed by atoms with Crippen LogP contribution in [0.1, 0.15) is 37.9 Å². The van der Waals surface area contributed by atoms with E-state index in [2.05, 4.69) is 56.0 Å². The van der Waals surface area contributed by atoms with Gasteiger partial charge in [0.05, 0.1) is 11.2 Å². The lowest BCUT2D eigenvalue weighted by Crippen LogP contribution is -2.25. The molecule has 1 atom stereocenters. The molecule has 0 radical (unpaired) electrons. The van der Waals surface area contributed by atoms with Crippen LogP contribution < -0.4 is 5.32 Å². The molecule has 2 aromatic rings. The summed E-state index contributed by atoms with van der Waals surface area (Å²) in [7, 11) is 2.01. The van der Waals surface area contributed by atoms with Crippen LogP contribution >= 0.6 is 0 Å². The molecule has 0 aliphatic rings. The van der Waals surface area contributed by atoms with E-state index in [-0.39, 0.29) is 0 Å². The van der Waals surface area contributed by atoms with Crippen LogP contribution in [-0.4, -0.2) is 15.8 Å². The largest absolute Gasteiger partial charge is 0.309 e. The van der Waals surface area contributed by atoms with Crippen LogP contribution in [-0.2, 0) is 13.6 Å². The lowest BCUT2D eigenvalue weighted by Gasteiger charge is -2.12. The number of benzene rings is 1. The van der Waals surface area contributed by atoms with Gasteiger partial charge in [-0.05, 0) is 45.7 Å². The number of aromatic nitrogens is 2. The molecule has 1 aromatic carbocycles. The zero-order valence-electron chi connectivity index (χ0n) is 13.0. The van der Waals surface area contributed by atoms with Gasteiger partial charge in [-0.25, -0.2) is 0 Å². The van der Waals surface area contributed by atoms with Crippen molar-refractivity contribution in [3.05, 3.63) is 41.6 Å². The van der Waals surface area contributed by atoms with Crippen LogP contribution in [0.25, 0.3) is 10.9 Å². The number of nitrogens with one attached hydrogen (secondary N) is 1. The first-order chi connectivity index (χ1) is 9.47. The molecule has 108 valence electrons. The molecule has 0 spiro atoms. The zero-order chi connectivity index (χ0) is 14.7. The number of hydrogen-bond acceptors (Lipinski definition) is 2. The number of nitrogens with zero attached hydrogens (tertiary/aromatic N) is 2. The van der Waals surface area contributed by atoms with Gasteiger partial charge < -0.3 is 5.32 Å². The highest BCUT2D eigenvalue weighted by atomic mass is 15.3. The molecule has 0 bridgehead atoms. The summed E-state index contributed by atoms with van der Waals surface area (Å²) in [5.41, 5.74) is 4.86. The Bertz CT molecular complexity index is 610. The number of aryl methyl sites for hydroxylation is 2. The first-order valence-electron chi connectivity index (χ1n) is 7.27. The van der Waals surface area contributed by atoms with E-state index in [0.717, 1.165) is 25.1 Å². The maximum atomic E-state index is 4.63. The fourth-order valence-corrected chi connectivity index (χ4v) is 2.42. The summed E-state index contributed by atoms with van der Waals surface area (Å²) in [6.07, 6.45) is 2.20. The third kappa shape index (κ3) is 3.48. The molecule has 3 heteroatoms. The Labute approximate surface area is 121 Å². The van der Waals surface area contributed by atoms with Crippen molar-refractivity contribution < 1.29 is 0 Å². The van der Waals surface area contributed by atoms with Gasteiger partial charge in [-0.2, -0.15) is 5.10 Å². The Morgan fingerprint density at radius 2 is 2.20 bits per heavy atom. The van der Waals surface area contributed by atoms with Crippen molar-refractivity contribution in [1.82, 2.24) is 15.1 Å². The van der Waals surface area contributed by atoms with Crippen molar-refractivity contribution in [3.63, 3.8) is 0 Å². The predicted molar refractivity (Wildman–Crippen MR) is 85.8 cm³/mol. The summed E-state index contributed by atoms with van der Waals surface area (Å²) in [5, 5.41) is 9.45. The molecule has 20 heavy (non-hydrogen) atoms. The van der Waals surface area contributed by atoms with Gasteiger partial charge >= 0.3 is 0 Å². The standard InChI is InChI=1S/C17H25N3/c1-12(2)6-8-14(4)18-11-16-15-10-13(3)7-9-17(15)20(5)19-16/h7,9-10,14,18H,1,6,8,11H2,2-5H3/t14-/m1/s1. The quantitative estimate of drug-likeness (QED) is 0.812. The molecule has 1 N–H and O–H groups in total. The third-order valence-corrected chi connectivity index (χ3v) is 3.70. The van der Waals surface area contributed by atoms with Crippen molar-refractivity contribution in [2.75, 3.05) is 0 Å². The first-order valence-corrected chi connectivity index (χ1v) is 7.27. The molecule has 0 fully saturated rings. The number of allylic oxidation sites excluding steroid dienone is 1. The van der Waals surface area contributed by atoms with Crippen LogP contribution in [0.4, 0.5) is 0 Å². The molecule has 0 unspecified atom stereocenters. The molecule has 0 saturated carbocycles. The second-order valence-electron chi connectivity index (χ2n) is 5.87. The minimum atomic E-state index is 0.480. The minimum Gasteiger partial charge on any atom is -0.309 e. The van der Waals surface area contributed by atoms with E-state index in [1.54, 1.807) is 0 Å². The molecular weight excluding hydrogens is 246 g/mol. The Morgan fingerprint density at radius 3 is 2.90 bits per heavy atom. The van der Waals surface area contributed by atoms with E-state index < -0.39 is 0 Å². The van der Waals surface area contributed by atoms with E-state index in [9.17, 15) is 0 Å². The second-order valence-corrected chi connectivity index (χ2v) is 5.87. The van der Waals surface area contributed by atoms with Crippen molar-refractivity contribution in [3.8, 4) is 0 Å². The first kappa shape index (κ1) is 14.8. The maximum absolute atomic E-state index is 4.63. The molecule has 1 aromatic heterocycles. The van der Waals surface area contributed by atoms with Crippen molar-refractivity contribution in [1.29, 1.82) is 0 Å². The van der Waals surface area contributed by atoms with Crippen LogP contribution in [0, 0.1) is 6.92 Å². The Morgan fingerprint density at radius 1 is 1.45 bits per heavy atom. The highest BCUT2D eigenvalue weighted by molar-refractivity contribution is 5.82. The minimum absolute atomic E-state index is 0.480. The molecule has 3 nitrogen and oxygen atoms in total. The molecule has 2 rings (SSSR count). The van der Waals surface area contributed by atoms with Crippen LogP contribution in [0.5, 0.6) is 0 Å². The average Bonchev–Trinajstić information content (AvgIpc) is 2.70. The van der Waals surface area contributed by atoms with E-state index in [4.69, 9.17) is 0 Å². The van der Waals surface area contributed by atoms with E-state index in [1.807, 2.05) is 11.7 Å². The van der Waals surface area contributed by atoms with E-state index in [1.165, 1.54) is 22.0 Å². The van der Waals surface area contributed by atoms with Gasteiger partial charge in [0.15, 0.2) is 0 Å². The predicted octanol–water partition coefficient (Wildman–Crippen LogP) is 3.72. The summed E-state index contributed by atoms with van der Waals surface area (Å²) < 4.78 is 1.96. The second kappa shape index (κ2) is 6.23. The smallest absolute Gasteiger partial charge is 0.0841 e. The topological polar surface area (TPSA) is 29.9 Å². The monoisotopic (exact) mass is 271 g/mol. The Balaban J connectivity index is 2.06. The summed E-state index contributed by atoms with van der Waals surface area (Å²) >= 11 is 0. The highest BCUT2D eigenvalue weighted by Gasteiger charge is 2.09. The van der Waals surface area contributed by atoms with Gasteiger partial charge in [0, 0.05) is 25.0 Å². The Hall–Kier alpha value is -1.61. The van der Waals surface area contributed by atoms with Gasteiger partial charge in [-0.3, -0.25) is 4.68 Å². The third-order valence-electron chi connectivity index (χ3n) is 3.70. The van der Waals surface area contributed by atoms with Crippen LogP contribution in [0.15, 0.2) is 30.4 Å². The van der Waals surface area contributed by atoms with Crippen molar-refractivity contribution in [2.24, 2.45) is 7.05 Å². The van der Waals surface area contributed by atoms with Gasteiger partial charge in [0.2, 0.25) is 0 Å². The molecule has 0 aliphatic carbocycles. The zero-order valence-corrected chi connectivity index (χ0v) is 13.0. The molecule has 0 aliphatic heterocycles. The van der Waals surface area contributed by atoms with Gasteiger partial charge in [0.25, 0.3) is 0 Å². The maximum Gasteiger partial charge on any atom is 0.0841 e. The van der Waals surface area contributed by atoms with E-state index in [0.29, 0.717) is 6.04 Å². The lowest BCUT2D eigenvalue weighted by molar-refractivity contribution is 0.507. The molecule has 1 heterocycles. The normalized spacial score (nSPS) is 12.8. The fraction of sp³-hybridized carbons (Fsp3) is 0.471. The summed E-state index contributed by atoms with van der Waals surface area (Å²) in [6, 6.07) is 6.98. The summed E-state index contributed by atoms with van der Waals surface area (Å²) in [4.78, 5) is 0. The highest BCUT2D eigenvalue weighted by Crippen LogP contribution is 2.19. The Kier molecular flexibility index (Phi) is 4.61. The van der Waals surface area contributed by atoms with Crippen LogP contribution in [0.2, 0.25) is 0 Å². The summed E-state index contributed by atoms with van der Waals surface area (Å²) in [5.74, 6) is 0. The number of fused-ring (bicyclic) bond motifs is 1. The van der Waals surface area contributed by atoms with Crippen LogP contribution in [0.3, 0.4) is 0 Å². The lowest BCUT2D eigenvalue weighted by atomic mass is 10.1. The average molecular weight is 271 g/mol. The molecular formula is C17H25N3. The van der Waals surface area contributed by atoms with Crippen molar-refractivity contribution >= 4 is 10.9 Å². The fourth-order valence-electron chi connectivity index (χ4n) is 2.42. The van der Waals surface area contributed by atoms with Gasteiger partial charge in [-0.1, -0.05) is 17.2 Å². The SMILES string of the molecule is C=C(C)CC[C@@H](C)NCc1nn(C)c2ccc(C)cc12. The van der Waals surface area contributed by atoms with Gasteiger partial charge in [0.1, 0.15) is 0 Å². The van der Waals surface area contributed by atoms with E-state index >= 15 is 0 Å². The van der Waals surface area contributed by atoms with Crippen molar-refractivity contribution in [2.45, 2.75) is 46.2 Å². The molecule has 0 saturated heterocycles. The number of rotatable bonds is 6. The molecule has 0 amide bonds. The number of hydrogen-bond donors (Lipinski definition) is 1.